The fourth-order valence-corrected chi connectivity index (χ4v) is 10.0. The molecular formula is C62H90N10O12. The van der Waals surface area contributed by atoms with Gasteiger partial charge in [0.25, 0.3) is 23.6 Å². The summed E-state index contributed by atoms with van der Waals surface area (Å²) in [6.07, 6.45) is 0.972. The van der Waals surface area contributed by atoms with Crippen molar-refractivity contribution in [3.63, 3.8) is 0 Å². The molecule has 460 valence electrons. The normalized spacial score (nSPS) is 22.7. The first kappa shape index (κ1) is 67.3. The Hall–Kier alpha value is -7.46. The summed E-state index contributed by atoms with van der Waals surface area (Å²) in [4.78, 5) is 122. The minimum absolute atomic E-state index is 0.0726. The first-order valence-corrected chi connectivity index (χ1v) is 29.1. The molecule has 0 bridgehead atoms. The number of esters is 4. The lowest BCUT2D eigenvalue weighted by Crippen LogP contribution is -2.55. The number of hydrogen-bond acceptors (Lipinski definition) is 16. The molecule has 22 nitrogen and oxygen atoms in total. The topological polar surface area (TPSA) is 274 Å². The lowest BCUT2D eigenvalue weighted by molar-refractivity contribution is -0.176. The van der Waals surface area contributed by atoms with Crippen LogP contribution in [0.1, 0.15) is 128 Å². The largest absolute Gasteiger partial charge is 0.451 e. The van der Waals surface area contributed by atoms with Crippen LogP contribution in [0.25, 0.3) is 0 Å². The highest BCUT2D eigenvalue weighted by atomic mass is 16.6. The van der Waals surface area contributed by atoms with Gasteiger partial charge < -0.3 is 50.0 Å². The van der Waals surface area contributed by atoms with E-state index in [4.69, 9.17) is 30.4 Å². The Labute approximate surface area is 494 Å². The number of ether oxygens (including phenoxy) is 4. The van der Waals surface area contributed by atoms with E-state index >= 15 is 9.59 Å². The summed E-state index contributed by atoms with van der Waals surface area (Å²) in [5, 5.41) is 8.74. The van der Waals surface area contributed by atoms with Gasteiger partial charge in [-0.1, -0.05) is 104 Å². The van der Waals surface area contributed by atoms with Crippen molar-refractivity contribution in [1.82, 2.24) is 39.2 Å². The van der Waals surface area contributed by atoms with Crippen LogP contribution in [0.3, 0.4) is 0 Å². The number of carbonyl (C=O) groups is 8. The molecule has 0 radical (unpaired) electrons. The van der Waals surface area contributed by atoms with E-state index < -0.39 is 96.1 Å². The fraction of sp³-hybridized carbons (Fsp3) is 0.581. The second kappa shape index (κ2) is 30.9. The molecule has 1 aliphatic heterocycles. The number of carbonyl (C=O) groups excluding carboxylic acids is 8. The Bertz CT molecular complexity index is 2660. The smallest absolute Gasteiger partial charge is 0.329 e. The lowest BCUT2D eigenvalue weighted by atomic mass is 9.99. The van der Waals surface area contributed by atoms with Gasteiger partial charge in [0.15, 0.2) is 24.4 Å². The van der Waals surface area contributed by atoms with E-state index in [0.29, 0.717) is 37.3 Å². The van der Waals surface area contributed by atoms with Crippen LogP contribution in [0.4, 0.5) is 0 Å². The molecule has 3 heterocycles. The zero-order valence-corrected chi connectivity index (χ0v) is 51.6. The summed E-state index contributed by atoms with van der Waals surface area (Å²) < 4.78 is 27.7. The Morgan fingerprint density at radius 3 is 0.929 bits per heavy atom. The Kier molecular flexibility index (Phi) is 24.8. The molecule has 0 aliphatic carbocycles. The standard InChI is InChI=1S/C62H90N10O12/c1-37(2)23-49-59(77)81-41(9)55(73)67(11)52(26-40(7)8)62(80)84-54(28-44-17-21-46(22-18-44)34-72-36-48(30-64)32-66-72)58(76)70(14)50(24-38(3)4)60(78)82-42(10)56(74)68(12)51(25-39(5)6)61(79)83-53(57(75)69(49)13)27-43-15-19-45(20-16-43)33-71-35-47(29-63)31-65-71/h15-22,31-32,35-42,49-54H,23-30,33-34,63-64H2,1-14H3/t41-,42-,49+,50+,51+,52+,53-,54-/m1/s1. The van der Waals surface area contributed by atoms with Gasteiger partial charge in [-0.15, -0.1) is 0 Å². The van der Waals surface area contributed by atoms with E-state index in [9.17, 15) is 28.8 Å². The number of benzene rings is 2. The molecule has 0 spiro atoms. The molecule has 4 N–H and O–H groups in total. The van der Waals surface area contributed by atoms with Crippen LogP contribution in [0, 0.1) is 23.7 Å². The zero-order valence-electron chi connectivity index (χ0n) is 51.6. The van der Waals surface area contributed by atoms with Crippen molar-refractivity contribution in [2.24, 2.45) is 35.1 Å². The molecule has 22 heteroatoms. The summed E-state index contributed by atoms with van der Waals surface area (Å²) >= 11 is 0. The number of nitrogens with two attached hydrogens (primary N) is 2. The predicted molar refractivity (Wildman–Crippen MR) is 314 cm³/mol. The Morgan fingerprint density at radius 2 is 0.667 bits per heavy atom. The molecule has 4 amide bonds. The van der Waals surface area contributed by atoms with Gasteiger partial charge in [0.2, 0.25) is 0 Å². The van der Waals surface area contributed by atoms with Gasteiger partial charge in [-0.25, -0.2) is 19.2 Å². The second-order valence-electron chi connectivity index (χ2n) is 23.9. The van der Waals surface area contributed by atoms with Gasteiger partial charge >= 0.3 is 23.9 Å². The van der Waals surface area contributed by atoms with Crippen molar-refractivity contribution in [2.75, 3.05) is 28.2 Å². The monoisotopic (exact) mass is 1170 g/mol. The number of nitrogens with zero attached hydrogens (tertiary/aromatic N) is 8. The first-order chi connectivity index (χ1) is 39.6. The van der Waals surface area contributed by atoms with Crippen LogP contribution in [-0.2, 0) is 96.3 Å². The minimum atomic E-state index is -1.55. The van der Waals surface area contributed by atoms with Crippen LogP contribution in [0.5, 0.6) is 0 Å². The summed E-state index contributed by atoms with van der Waals surface area (Å²) in [5.41, 5.74) is 16.3. The van der Waals surface area contributed by atoms with Crippen molar-refractivity contribution in [2.45, 2.75) is 183 Å². The second-order valence-corrected chi connectivity index (χ2v) is 23.9. The molecular weight excluding hydrogens is 1080 g/mol. The molecule has 8 atom stereocenters. The quantitative estimate of drug-likeness (QED) is 0.0972. The minimum Gasteiger partial charge on any atom is -0.451 e. The molecule has 5 rings (SSSR count). The Morgan fingerprint density at radius 1 is 0.405 bits per heavy atom. The maximum Gasteiger partial charge on any atom is 0.329 e. The average Bonchev–Trinajstić information content (AvgIpc) is 4.24. The fourth-order valence-electron chi connectivity index (χ4n) is 10.0. The van der Waals surface area contributed by atoms with Crippen molar-refractivity contribution in [1.29, 1.82) is 0 Å². The molecule has 0 saturated carbocycles. The van der Waals surface area contributed by atoms with Crippen molar-refractivity contribution in [3.05, 3.63) is 107 Å². The summed E-state index contributed by atoms with van der Waals surface area (Å²) in [6.45, 7) is 19.0. The van der Waals surface area contributed by atoms with Crippen LogP contribution in [-0.4, -0.2) is 163 Å². The number of amides is 4. The average molecular weight is 1170 g/mol. The van der Waals surface area contributed by atoms with Gasteiger partial charge in [-0.2, -0.15) is 10.2 Å². The molecule has 84 heavy (non-hydrogen) atoms. The van der Waals surface area contributed by atoms with Crippen LogP contribution >= 0.6 is 0 Å². The lowest BCUT2D eigenvalue weighted by Gasteiger charge is -2.35. The highest BCUT2D eigenvalue weighted by Gasteiger charge is 2.43. The molecule has 2 aromatic heterocycles. The molecule has 0 unspecified atom stereocenters. The molecule has 4 aromatic rings. The van der Waals surface area contributed by atoms with Crippen molar-refractivity contribution < 1.29 is 57.3 Å². The van der Waals surface area contributed by atoms with E-state index in [0.717, 1.165) is 41.9 Å². The van der Waals surface area contributed by atoms with Gasteiger partial charge in [0, 0.05) is 77.6 Å². The van der Waals surface area contributed by atoms with Crippen LogP contribution in [0.15, 0.2) is 73.3 Å². The summed E-state index contributed by atoms with van der Waals surface area (Å²) in [5.74, 6) is -7.55. The highest BCUT2D eigenvalue weighted by molar-refractivity contribution is 5.94. The van der Waals surface area contributed by atoms with Crippen molar-refractivity contribution >= 4 is 47.5 Å². The SMILES string of the molecule is CC(C)C[C@H]1C(=O)O[C@H](Cc2ccc(Cn3cc(CN)cn3)cc2)C(=O)N(C)[C@@H](CC(C)C)C(=O)O[C@H](C)C(=O)N(C)[C@@H](CC(C)C)C(=O)O[C@H](Cc2ccc(Cn3cc(CN)cn3)cc2)C(=O)N(C)[C@@H](CC(C)C)C(=O)O[C@H](C)C(=O)N1C. The maximum atomic E-state index is 15.0. The van der Waals surface area contributed by atoms with Gasteiger partial charge in [0.05, 0.1) is 25.5 Å². The van der Waals surface area contributed by atoms with Crippen LogP contribution in [0.2, 0.25) is 0 Å². The molecule has 1 saturated heterocycles. The number of cyclic esters (lactones) is 4. The van der Waals surface area contributed by atoms with Gasteiger partial charge in [-0.05, 0) is 85.5 Å². The Balaban J connectivity index is 1.58. The molecule has 1 aliphatic rings. The third-order valence-corrected chi connectivity index (χ3v) is 14.9. The number of likely N-dealkylation sites (N-methyl/N-ethyl adjacent to an activating group) is 4. The van der Waals surface area contributed by atoms with E-state index in [2.05, 4.69) is 10.2 Å². The maximum absolute atomic E-state index is 15.0. The van der Waals surface area contributed by atoms with E-state index in [1.165, 1.54) is 42.0 Å². The molecule has 2 aromatic carbocycles. The van der Waals surface area contributed by atoms with Gasteiger partial charge in [-0.3, -0.25) is 28.5 Å². The number of aromatic nitrogens is 4. The predicted octanol–water partition coefficient (Wildman–Crippen LogP) is 5.07. The summed E-state index contributed by atoms with van der Waals surface area (Å²) in [6, 6.07) is 9.39. The zero-order chi connectivity index (χ0) is 62.3. The number of rotatable bonds is 18. The van der Waals surface area contributed by atoms with Gasteiger partial charge in [0.1, 0.15) is 24.2 Å². The van der Waals surface area contributed by atoms with E-state index in [1.54, 1.807) is 46.0 Å². The summed E-state index contributed by atoms with van der Waals surface area (Å²) in [7, 11) is 5.55. The van der Waals surface area contributed by atoms with E-state index in [-0.39, 0.29) is 62.2 Å². The van der Waals surface area contributed by atoms with Crippen LogP contribution < -0.4 is 11.5 Å². The molecule has 1 fully saturated rings. The van der Waals surface area contributed by atoms with E-state index in [1.807, 2.05) is 92.0 Å². The highest BCUT2D eigenvalue weighted by Crippen LogP contribution is 2.25. The number of hydrogen-bond donors (Lipinski definition) is 2. The third kappa shape index (κ3) is 18.8. The van der Waals surface area contributed by atoms with Crippen molar-refractivity contribution in [3.8, 4) is 0 Å². The third-order valence-electron chi connectivity index (χ3n) is 14.9. The first-order valence-electron chi connectivity index (χ1n) is 29.1.